The first-order valence-electron chi connectivity index (χ1n) is 10.0. The van der Waals surface area contributed by atoms with Crippen molar-refractivity contribution < 1.29 is 4.79 Å². The Morgan fingerprint density at radius 2 is 2.00 bits per heavy atom. The molecule has 0 saturated carbocycles. The lowest BCUT2D eigenvalue weighted by Crippen LogP contribution is -2.36. The van der Waals surface area contributed by atoms with E-state index in [1.54, 1.807) is 25.3 Å². The zero-order valence-corrected chi connectivity index (χ0v) is 20.5. The monoisotopic (exact) mass is 491 g/mol. The van der Waals surface area contributed by atoms with Gasteiger partial charge in [-0.1, -0.05) is 20.8 Å². The van der Waals surface area contributed by atoms with Crippen LogP contribution in [0.1, 0.15) is 59.6 Å². The number of nitrogens with one attached hydrogen (secondary N) is 1. The number of hydrogen-bond donors (Lipinski definition) is 1. The predicted molar refractivity (Wildman–Crippen MR) is 123 cm³/mol. The molecule has 0 bridgehead atoms. The van der Waals surface area contributed by atoms with Gasteiger partial charge in [0, 0.05) is 11.9 Å². The number of fused-ring (bicyclic) bond motifs is 3. The molecule has 1 unspecified atom stereocenters. The Kier molecular flexibility index (Phi) is 5.17. The fourth-order valence-electron chi connectivity index (χ4n) is 4.23. The van der Waals surface area contributed by atoms with Crippen LogP contribution >= 0.6 is 27.3 Å². The fraction of sp³-hybridized carbons (Fsp3) is 0.524. The molecule has 7 nitrogen and oxygen atoms in total. The lowest BCUT2D eigenvalue weighted by atomic mass is 9.72. The topological polar surface area (TPSA) is 81.8 Å². The molecule has 0 saturated heterocycles. The third kappa shape index (κ3) is 3.41. The SMILES string of the molecule is Cc1nn(C)c(C(=O)Nn2c(C)nc3sc4c(c3c2=O)CCC(C(C)(C)C)C4)c1Br. The summed E-state index contributed by atoms with van der Waals surface area (Å²) in [4.78, 5) is 33.0. The van der Waals surface area contributed by atoms with Crippen molar-refractivity contribution >= 4 is 43.4 Å². The summed E-state index contributed by atoms with van der Waals surface area (Å²) in [7, 11) is 1.70. The highest BCUT2D eigenvalue weighted by Crippen LogP contribution is 2.42. The Morgan fingerprint density at radius 3 is 2.60 bits per heavy atom. The van der Waals surface area contributed by atoms with Gasteiger partial charge in [0.15, 0.2) is 0 Å². The first-order valence-corrected chi connectivity index (χ1v) is 11.6. The van der Waals surface area contributed by atoms with E-state index < -0.39 is 5.91 Å². The number of carbonyl (C=O) groups is 1. The highest BCUT2D eigenvalue weighted by molar-refractivity contribution is 9.10. The highest BCUT2D eigenvalue weighted by Gasteiger charge is 2.32. The van der Waals surface area contributed by atoms with Crippen molar-refractivity contribution in [1.82, 2.24) is 19.4 Å². The third-order valence-corrected chi connectivity index (χ3v) is 8.15. The van der Waals surface area contributed by atoms with Gasteiger partial charge in [-0.05, 0) is 65.9 Å². The fourth-order valence-corrected chi connectivity index (χ4v) is 6.08. The number of amides is 1. The molecule has 4 rings (SSSR count). The van der Waals surface area contributed by atoms with Crippen LogP contribution in [0.5, 0.6) is 0 Å². The zero-order chi connectivity index (χ0) is 22.0. The second-order valence-electron chi connectivity index (χ2n) is 9.10. The van der Waals surface area contributed by atoms with Crippen LogP contribution < -0.4 is 11.0 Å². The van der Waals surface area contributed by atoms with Crippen molar-refractivity contribution in [2.45, 2.75) is 53.9 Å². The van der Waals surface area contributed by atoms with E-state index >= 15 is 0 Å². The zero-order valence-electron chi connectivity index (χ0n) is 18.1. The smallest absolute Gasteiger partial charge is 0.267 e. The molecule has 1 N–H and O–H groups in total. The maximum atomic E-state index is 13.4. The second kappa shape index (κ2) is 7.30. The second-order valence-corrected chi connectivity index (χ2v) is 11.0. The molecular weight excluding hydrogens is 466 g/mol. The van der Waals surface area contributed by atoms with Gasteiger partial charge in [-0.25, -0.2) is 9.66 Å². The maximum absolute atomic E-state index is 13.4. The van der Waals surface area contributed by atoms with E-state index in [-0.39, 0.29) is 11.0 Å². The summed E-state index contributed by atoms with van der Waals surface area (Å²) in [6.45, 7) is 10.4. The summed E-state index contributed by atoms with van der Waals surface area (Å²) in [5.41, 5.74) is 4.92. The Labute approximate surface area is 187 Å². The molecule has 0 aliphatic heterocycles. The summed E-state index contributed by atoms with van der Waals surface area (Å²) in [6, 6.07) is 0. The molecule has 9 heteroatoms. The highest BCUT2D eigenvalue weighted by atomic mass is 79.9. The van der Waals surface area contributed by atoms with Crippen LogP contribution in [0.25, 0.3) is 10.2 Å². The van der Waals surface area contributed by atoms with Crippen LogP contribution in [0.2, 0.25) is 0 Å². The van der Waals surface area contributed by atoms with Crippen LogP contribution in [0, 0.1) is 25.2 Å². The Hall–Kier alpha value is -2.00. The Morgan fingerprint density at radius 1 is 1.30 bits per heavy atom. The summed E-state index contributed by atoms with van der Waals surface area (Å²) >= 11 is 5.03. The molecule has 3 aromatic rings. The third-order valence-electron chi connectivity index (χ3n) is 6.05. The number of carbonyl (C=O) groups excluding carboxylic acids is 1. The van der Waals surface area contributed by atoms with Gasteiger partial charge >= 0.3 is 0 Å². The van der Waals surface area contributed by atoms with Crippen LogP contribution in [0.15, 0.2) is 9.27 Å². The minimum atomic E-state index is -0.409. The number of nitrogens with zero attached hydrogens (tertiary/aromatic N) is 4. The van der Waals surface area contributed by atoms with Gasteiger partial charge in [-0.2, -0.15) is 5.10 Å². The van der Waals surface area contributed by atoms with E-state index in [0.29, 0.717) is 33.0 Å². The summed E-state index contributed by atoms with van der Waals surface area (Å²) in [6.07, 6.45) is 2.91. The minimum absolute atomic E-state index is 0.215. The number of halogens is 1. The number of aromatic nitrogens is 4. The van der Waals surface area contributed by atoms with Crippen molar-refractivity contribution in [3.8, 4) is 0 Å². The largest absolute Gasteiger partial charge is 0.289 e. The predicted octanol–water partition coefficient (Wildman–Crippen LogP) is 4.11. The molecule has 3 aromatic heterocycles. The number of thiophene rings is 1. The normalized spacial score (nSPS) is 16.7. The lowest BCUT2D eigenvalue weighted by Gasteiger charge is -2.33. The van der Waals surface area contributed by atoms with Gasteiger partial charge < -0.3 is 0 Å². The molecule has 1 atom stereocenters. The number of rotatable bonds is 2. The lowest BCUT2D eigenvalue weighted by molar-refractivity contribution is 0.0996. The summed E-state index contributed by atoms with van der Waals surface area (Å²) < 4.78 is 3.38. The molecule has 160 valence electrons. The van der Waals surface area contributed by atoms with Crippen LogP contribution in [-0.2, 0) is 19.9 Å². The summed E-state index contributed by atoms with van der Waals surface area (Å²) in [5.74, 6) is 0.640. The van der Waals surface area contributed by atoms with E-state index in [1.165, 1.54) is 14.2 Å². The molecule has 0 aromatic carbocycles. The maximum Gasteiger partial charge on any atom is 0.289 e. The Balaban J connectivity index is 1.76. The van der Waals surface area contributed by atoms with Gasteiger partial charge in [0.2, 0.25) is 0 Å². The van der Waals surface area contributed by atoms with Crippen molar-refractivity contribution in [3.63, 3.8) is 0 Å². The molecule has 1 aliphatic rings. The first-order chi connectivity index (χ1) is 14.0. The van der Waals surface area contributed by atoms with Crippen molar-refractivity contribution in [1.29, 1.82) is 0 Å². The molecular formula is C21H26BrN5O2S. The average molecular weight is 492 g/mol. The first kappa shape index (κ1) is 21.2. The van der Waals surface area contributed by atoms with Gasteiger partial charge in [0.25, 0.3) is 11.5 Å². The molecule has 3 heterocycles. The van der Waals surface area contributed by atoms with Crippen molar-refractivity contribution in [2.75, 3.05) is 5.43 Å². The van der Waals surface area contributed by atoms with Gasteiger partial charge in [0.05, 0.1) is 15.6 Å². The average Bonchev–Trinajstić information content (AvgIpc) is 3.13. The number of hydrogen-bond acceptors (Lipinski definition) is 5. The minimum Gasteiger partial charge on any atom is -0.267 e. The van der Waals surface area contributed by atoms with E-state index in [4.69, 9.17) is 0 Å². The van der Waals surface area contributed by atoms with E-state index in [1.807, 2.05) is 6.92 Å². The van der Waals surface area contributed by atoms with Gasteiger partial charge in [-0.15, -0.1) is 11.3 Å². The van der Waals surface area contributed by atoms with E-state index in [0.717, 1.165) is 29.7 Å². The Bertz CT molecular complexity index is 1230. The van der Waals surface area contributed by atoms with E-state index in [9.17, 15) is 9.59 Å². The van der Waals surface area contributed by atoms with Gasteiger partial charge in [0.1, 0.15) is 16.3 Å². The number of aryl methyl sites for hydroxylation is 4. The standard InChI is InChI=1S/C21H26BrN5O2S/c1-10-16(22)17(26(6)24-10)18(28)25-27-11(2)23-19-15(20(27)29)13-8-7-12(21(3,4)5)9-14(13)30-19/h12H,7-9H2,1-6H3,(H,25,28). The van der Waals surface area contributed by atoms with Crippen LogP contribution in [-0.4, -0.2) is 25.3 Å². The van der Waals surface area contributed by atoms with Crippen LogP contribution in [0.4, 0.5) is 0 Å². The van der Waals surface area contributed by atoms with Crippen molar-refractivity contribution in [3.05, 3.63) is 42.5 Å². The quantitative estimate of drug-likeness (QED) is 0.584. The molecule has 1 amide bonds. The molecule has 0 fully saturated rings. The molecule has 30 heavy (non-hydrogen) atoms. The van der Waals surface area contributed by atoms with Crippen LogP contribution in [0.3, 0.4) is 0 Å². The molecule has 0 radical (unpaired) electrons. The molecule has 1 aliphatic carbocycles. The van der Waals surface area contributed by atoms with E-state index in [2.05, 4.69) is 52.2 Å². The summed E-state index contributed by atoms with van der Waals surface area (Å²) in [5, 5.41) is 4.90. The van der Waals surface area contributed by atoms with Gasteiger partial charge in [-0.3, -0.25) is 19.7 Å². The van der Waals surface area contributed by atoms with Crippen molar-refractivity contribution in [2.24, 2.45) is 18.4 Å². The molecule has 0 spiro atoms.